The highest BCUT2D eigenvalue weighted by Crippen LogP contribution is 2.14. The lowest BCUT2D eigenvalue weighted by molar-refractivity contribution is -0.116. The first-order valence-corrected chi connectivity index (χ1v) is 9.72. The lowest BCUT2D eigenvalue weighted by atomic mass is 10.1. The summed E-state index contributed by atoms with van der Waals surface area (Å²) in [5, 5.41) is 2.98. The van der Waals surface area contributed by atoms with Gasteiger partial charge in [-0.1, -0.05) is 18.2 Å². The Kier molecular flexibility index (Phi) is 5.25. The number of fused-ring (bicyclic) bond motifs is 1. The van der Waals surface area contributed by atoms with Crippen LogP contribution in [-0.4, -0.2) is 15.0 Å². The molecule has 0 radical (unpaired) electrons. The first-order valence-electron chi connectivity index (χ1n) is 9.72. The smallest absolute Gasteiger partial charge is 0.325 e. The number of aryl methyl sites for hydroxylation is 2. The van der Waals surface area contributed by atoms with Crippen molar-refractivity contribution in [1.82, 2.24) is 9.13 Å². The van der Waals surface area contributed by atoms with Crippen LogP contribution in [0.4, 0.5) is 10.1 Å². The lowest BCUT2D eigenvalue weighted by Crippen LogP contribution is -2.40. The molecule has 6 nitrogen and oxygen atoms in total. The highest BCUT2D eigenvalue weighted by molar-refractivity contribution is 5.91. The van der Waals surface area contributed by atoms with Crippen molar-refractivity contribution in [2.45, 2.75) is 20.4 Å². The molecule has 0 atom stereocenters. The molecule has 3 aromatic carbocycles. The van der Waals surface area contributed by atoms with E-state index >= 15 is 0 Å². The van der Waals surface area contributed by atoms with Gasteiger partial charge in [0.15, 0.2) is 0 Å². The third-order valence-electron chi connectivity index (χ3n) is 4.94. The van der Waals surface area contributed by atoms with Crippen molar-refractivity contribution in [2.24, 2.45) is 0 Å². The second kappa shape index (κ2) is 8.02. The first kappa shape index (κ1) is 20.3. The van der Waals surface area contributed by atoms with Gasteiger partial charge in [0.1, 0.15) is 12.4 Å². The Morgan fingerprint density at radius 3 is 2.26 bits per heavy atom. The Hall–Kier alpha value is -4.00. The molecule has 0 bridgehead atoms. The minimum Gasteiger partial charge on any atom is -0.325 e. The third-order valence-corrected chi connectivity index (χ3v) is 4.94. The molecule has 156 valence electrons. The summed E-state index contributed by atoms with van der Waals surface area (Å²) in [6.07, 6.45) is 0. The summed E-state index contributed by atoms with van der Waals surface area (Å²) in [7, 11) is 0. The highest BCUT2D eigenvalue weighted by Gasteiger charge is 2.17. The van der Waals surface area contributed by atoms with Crippen molar-refractivity contribution >= 4 is 22.5 Å². The molecule has 4 aromatic rings. The summed E-state index contributed by atoms with van der Waals surface area (Å²) in [5.41, 5.74) is 2.00. The maximum absolute atomic E-state index is 13.4. The normalized spacial score (nSPS) is 10.9. The molecule has 31 heavy (non-hydrogen) atoms. The fourth-order valence-electron chi connectivity index (χ4n) is 3.66. The van der Waals surface area contributed by atoms with E-state index in [1.807, 2.05) is 19.9 Å². The Balaban J connectivity index is 1.84. The molecule has 7 heteroatoms. The van der Waals surface area contributed by atoms with E-state index in [1.165, 1.54) is 28.8 Å². The maximum atomic E-state index is 13.4. The first-order chi connectivity index (χ1) is 14.8. The van der Waals surface area contributed by atoms with Crippen molar-refractivity contribution < 1.29 is 9.18 Å². The number of para-hydroxylation sites is 1. The zero-order valence-corrected chi connectivity index (χ0v) is 17.1. The van der Waals surface area contributed by atoms with Crippen LogP contribution in [0.5, 0.6) is 0 Å². The molecule has 1 heterocycles. The number of nitrogens with zero attached hydrogens (tertiary/aromatic N) is 2. The van der Waals surface area contributed by atoms with E-state index in [0.29, 0.717) is 22.3 Å². The van der Waals surface area contributed by atoms with Gasteiger partial charge in [0.2, 0.25) is 5.91 Å². The fraction of sp³-hybridized carbons (Fsp3) is 0.125. The SMILES string of the molecule is Cc1cc(C)cc(-n2c(=O)c3ccccc3n(CC(=O)Nc3ccc(F)cc3)c2=O)c1. The summed E-state index contributed by atoms with van der Waals surface area (Å²) in [6.45, 7) is 3.47. The number of nitrogens with one attached hydrogen (secondary N) is 1. The van der Waals surface area contributed by atoms with E-state index in [9.17, 15) is 18.8 Å². The van der Waals surface area contributed by atoms with Gasteiger partial charge in [0.25, 0.3) is 5.56 Å². The van der Waals surface area contributed by atoms with Gasteiger partial charge in [0, 0.05) is 5.69 Å². The molecule has 0 unspecified atom stereocenters. The van der Waals surface area contributed by atoms with Gasteiger partial charge in [-0.2, -0.15) is 0 Å². The van der Waals surface area contributed by atoms with Crippen LogP contribution in [0.3, 0.4) is 0 Å². The molecule has 0 aliphatic heterocycles. The molecule has 0 aliphatic rings. The number of halogens is 1. The van der Waals surface area contributed by atoms with Crippen molar-refractivity contribution in [3.8, 4) is 5.69 Å². The number of carbonyl (C=O) groups excluding carboxylic acids is 1. The lowest BCUT2D eigenvalue weighted by Gasteiger charge is -2.15. The van der Waals surface area contributed by atoms with Gasteiger partial charge < -0.3 is 5.32 Å². The molecule has 1 aromatic heterocycles. The molecule has 1 N–H and O–H groups in total. The maximum Gasteiger partial charge on any atom is 0.336 e. The minimum atomic E-state index is -0.608. The van der Waals surface area contributed by atoms with Crippen LogP contribution < -0.4 is 16.6 Å². The van der Waals surface area contributed by atoms with Crippen molar-refractivity contribution in [3.05, 3.63) is 105 Å². The molecular formula is C24H20FN3O3. The number of hydrogen-bond acceptors (Lipinski definition) is 3. The number of benzene rings is 3. The average Bonchev–Trinajstić information content (AvgIpc) is 2.72. The number of amides is 1. The molecule has 1 amide bonds. The summed E-state index contributed by atoms with van der Waals surface area (Å²) >= 11 is 0. The van der Waals surface area contributed by atoms with Crippen molar-refractivity contribution in [2.75, 3.05) is 5.32 Å². The van der Waals surface area contributed by atoms with E-state index in [4.69, 9.17) is 0 Å². The molecule has 4 rings (SSSR count). The second-order valence-electron chi connectivity index (χ2n) is 7.43. The van der Waals surface area contributed by atoms with E-state index < -0.39 is 23.0 Å². The quantitative estimate of drug-likeness (QED) is 0.552. The topological polar surface area (TPSA) is 73.1 Å². The largest absolute Gasteiger partial charge is 0.336 e. The Labute approximate surface area is 177 Å². The molecule has 0 saturated heterocycles. The van der Waals surface area contributed by atoms with Gasteiger partial charge >= 0.3 is 5.69 Å². The third kappa shape index (κ3) is 4.02. The zero-order valence-electron chi connectivity index (χ0n) is 17.1. The zero-order chi connectivity index (χ0) is 22.1. The monoisotopic (exact) mass is 417 g/mol. The summed E-state index contributed by atoms with van der Waals surface area (Å²) < 4.78 is 15.5. The molecule has 0 fully saturated rings. The molecule has 0 saturated carbocycles. The number of anilines is 1. The van der Waals surface area contributed by atoms with E-state index in [0.717, 1.165) is 15.7 Å². The Morgan fingerprint density at radius 1 is 0.935 bits per heavy atom. The van der Waals surface area contributed by atoms with Crippen LogP contribution in [0.15, 0.2) is 76.3 Å². The van der Waals surface area contributed by atoms with Crippen LogP contribution in [0.2, 0.25) is 0 Å². The van der Waals surface area contributed by atoms with Crippen LogP contribution in [-0.2, 0) is 11.3 Å². The van der Waals surface area contributed by atoms with Crippen LogP contribution in [0.1, 0.15) is 11.1 Å². The number of rotatable bonds is 4. The predicted molar refractivity (Wildman–Crippen MR) is 118 cm³/mol. The number of hydrogen-bond donors (Lipinski definition) is 1. The van der Waals surface area contributed by atoms with Crippen LogP contribution in [0.25, 0.3) is 16.6 Å². The average molecular weight is 417 g/mol. The standard InChI is InChI=1S/C24H20FN3O3/c1-15-11-16(2)13-19(12-15)28-23(30)20-5-3-4-6-21(20)27(24(28)31)14-22(29)26-18-9-7-17(25)8-10-18/h3-13H,14H2,1-2H3,(H,26,29). The van der Waals surface area contributed by atoms with Crippen molar-refractivity contribution in [3.63, 3.8) is 0 Å². The van der Waals surface area contributed by atoms with Gasteiger partial charge in [-0.25, -0.2) is 13.8 Å². The summed E-state index contributed by atoms with van der Waals surface area (Å²) in [4.78, 5) is 39.2. The Morgan fingerprint density at radius 2 is 1.58 bits per heavy atom. The number of carbonyl (C=O) groups is 1. The molecule has 0 aliphatic carbocycles. The Bertz CT molecular complexity index is 1400. The second-order valence-corrected chi connectivity index (χ2v) is 7.43. The summed E-state index contributed by atoms with van der Waals surface area (Å²) in [5.74, 6) is -0.884. The van der Waals surface area contributed by atoms with Gasteiger partial charge in [-0.3, -0.25) is 14.2 Å². The van der Waals surface area contributed by atoms with E-state index in [2.05, 4.69) is 5.32 Å². The fourth-order valence-corrected chi connectivity index (χ4v) is 3.66. The van der Waals surface area contributed by atoms with Gasteiger partial charge in [0.05, 0.1) is 16.6 Å². The summed E-state index contributed by atoms with van der Waals surface area (Å²) in [6, 6.07) is 17.5. The van der Waals surface area contributed by atoms with Crippen LogP contribution >= 0.6 is 0 Å². The van der Waals surface area contributed by atoms with Crippen molar-refractivity contribution in [1.29, 1.82) is 0 Å². The van der Waals surface area contributed by atoms with Gasteiger partial charge in [-0.15, -0.1) is 0 Å². The molecular weight excluding hydrogens is 397 g/mol. The van der Waals surface area contributed by atoms with Crippen LogP contribution in [0, 0.1) is 19.7 Å². The minimum absolute atomic E-state index is 0.304. The predicted octanol–water partition coefficient (Wildman–Crippen LogP) is 3.55. The van der Waals surface area contributed by atoms with E-state index in [1.54, 1.807) is 36.4 Å². The van der Waals surface area contributed by atoms with E-state index in [-0.39, 0.29) is 6.54 Å². The number of aromatic nitrogens is 2. The van der Waals surface area contributed by atoms with Gasteiger partial charge in [-0.05, 0) is 73.5 Å². The molecule has 0 spiro atoms. The highest BCUT2D eigenvalue weighted by atomic mass is 19.1.